The van der Waals surface area contributed by atoms with Crippen molar-refractivity contribution in [2.24, 2.45) is 5.16 Å². The molecule has 0 unspecified atom stereocenters. The molecule has 2 rings (SSSR count). The van der Waals surface area contributed by atoms with Crippen molar-refractivity contribution in [3.05, 3.63) is 30.3 Å². The third kappa shape index (κ3) is 4.02. The smallest absolute Gasteiger partial charge is 0.157 e. The quantitative estimate of drug-likeness (QED) is 0.732. The summed E-state index contributed by atoms with van der Waals surface area (Å²) in [6.07, 6.45) is 4.91. The second kappa shape index (κ2) is 6.18. The van der Waals surface area contributed by atoms with Crippen LogP contribution < -0.4 is 4.84 Å². The standard InChI is InChI=1S/C14H17NO2/c16-13-8-4-6-12(7-5-9-13)15-17-14-10-2-1-3-11-14/h1-3,10-11H,4-9H2. The number of para-hydroxylation sites is 1. The van der Waals surface area contributed by atoms with Gasteiger partial charge in [0.1, 0.15) is 5.78 Å². The molecule has 0 saturated heterocycles. The van der Waals surface area contributed by atoms with Crippen LogP contribution in [0.5, 0.6) is 5.75 Å². The highest BCUT2D eigenvalue weighted by Gasteiger charge is 2.10. The molecule has 0 bridgehead atoms. The fourth-order valence-electron chi connectivity index (χ4n) is 1.92. The van der Waals surface area contributed by atoms with Crippen LogP contribution in [0.15, 0.2) is 35.5 Å². The number of hydrogen-bond donors (Lipinski definition) is 0. The van der Waals surface area contributed by atoms with Crippen molar-refractivity contribution in [1.82, 2.24) is 0 Å². The molecule has 0 radical (unpaired) electrons. The van der Waals surface area contributed by atoms with Crippen LogP contribution in [0.2, 0.25) is 0 Å². The summed E-state index contributed by atoms with van der Waals surface area (Å²) in [5, 5.41) is 4.19. The van der Waals surface area contributed by atoms with Crippen LogP contribution in [0.4, 0.5) is 0 Å². The molecule has 0 N–H and O–H groups in total. The zero-order chi connectivity index (χ0) is 11.9. The van der Waals surface area contributed by atoms with Crippen LogP contribution in [-0.4, -0.2) is 11.5 Å². The monoisotopic (exact) mass is 231 g/mol. The zero-order valence-corrected chi connectivity index (χ0v) is 9.89. The summed E-state index contributed by atoms with van der Waals surface area (Å²) >= 11 is 0. The van der Waals surface area contributed by atoms with Crippen molar-refractivity contribution >= 4 is 11.5 Å². The number of ketones is 1. The molecule has 3 heteroatoms. The Morgan fingerprint density at radius 2 is 1.59 bits per heavy atom. The summed E-state index contributed by atoms with van der Waals surface area (Å²) in [4.78, 5) is 16.6. The summed E-state index contributed by atoms with van der Waals surface area (Å²) in [5.41, 5.74) is 1.07. The van der Waals surface area contributed by atoms with Gasteiger partial charge in [-0.05, 0) is 37.8 Å². The zero-order valence-electron chi connectivity index (χ0n) is 9.89. The van der Waals surface area contributed by atoms with Gasteiger partial charge in [-0.2, -0.15) is 0 Å². The van der Waals surface area contributed by atoms with Gasteiger partial charge < -0.3 is 4.84 Å². The highest BCUT2D eigenvalue weighted by molar-refractivity contribution is 5.87. The molecule has 3 nitrogen and oxygen atoms in total. The van der Waals surface area contributed by atoms with Gasteiger partial charge in [0.15, 0.2) is 5.75 Å². The predicted molar refractivity (Wildman–Crippen MR) is 67.2 cm³/mol. The molecule has 0 aliphatic heterocycles. The minimum absolute atomic E-state index is 0.382. The first kappa shape index (κ1) is 11.8. The fourth-order valence-corrected chi connectivity index (χ4v) is 1.92. The number of hydrogen-bond acceptors (Lipinski definition) is 3. The largest absolute Gasteiger partial charge is 0.357 e. The number of Topliss-reactive ketones (excluding diaryl/α,β-unsaturated/α-hetero) is 1. The third-order valence-electron chi connectivity index (χ3n) is 2.87. The van der Waals surface area contributed by atoms with E-state index in [4.69, 9.17) is 4.84 Å². The van der Waals surface area contributed by atoms with Crippen LogP contribution in [0, 0.1) is 0 Å². The molecular weight excluding hydrogens is 214 g/mol. The first-order valence-corrected chi connectivity index (χ1v) is 6.14. The number of rotatable bonds is 2. The van der Waals surface area contributed by atoms with E-state index in [1.807, 2.05) is 30.3 Å². The van der Waals surface area contributed by atoms with Crippen LogP contribution >= 0.6 is 0 Å². The maximum atomic E-state index is 11.3. The van der Waals surface area contributed by atoms with Crippen LogP contribution in [-0.2, 0) is 4.79 Å². The van der Waals surface area contributed by atoms with Crippen molar-refractivity contribution in [2.45, 2.75) is 38.5 Å². The second-order valence-corrected chi connectivity index (χ2v) is 4.31. The molecule has 1 aliphatic rings. The van der Waals surface area contributed by atoms with E-state index >= 15 is 0 Å². The summed E-state index contributed by atoms with van der Waals surface area (Å²) in [5.74, 6) is 1.14. The second-order valence-electron chi connectivity index (χ2n) is 4.31. The Morgan fingerprint density at radius 1 is 0.941 bits per heavy atom. The van der Waals surface area contributed by atoms with E-state index in [0.717, 1.165) is 37.1 Å². The van der Waals surface area contributed by atoms with Gasteiger partial charge in [-0.15, -0.1) is 0 Å². The molecule has 0 spiro atoms. The first-order chi connectivity index (χ1) is 8.34. The average molecular weight is 231 g/mol. The molecule has 1 aromatic carbocycles. The van der Waals surface area contributed by atoms with E-state index in [-0.39, 0.29) is 0 Å². The molecule has 0 amide bonds. The Morgan fingerprint density at radius 3 is 2.24 bits per heavy atom. The molecule has 0 aromatic heterocycles. The molecule has 0 atom stereocenters. The molecule has 1 saturated carbocycles. The Kier molecular flexibility index (Phi) is 4.30. The van der Waals surface area contributed by atoms with Crippen LogP contribution in [0.1, 0.15) is 38.5 Å². The van der Waals surface area contributed by atoms with Gasteiger partial charge in [-0.3, -0.25) is 4.79 Å². The SMILES string of the molecule is O=C1CCCC(=NOc2ccccc2)CCC1. The fraction of sp³-hybridized carbons (Fsp3) is 0.429. The normalized spacial score (nSPS) is 17.2. The summed E-state index contributed by atoms with van der Waals surface area (Å²) in [6.45, 7) is 0. The molecule has 90 valence electrons. The van der Waals surface area contributed by atoms with Crippen molar-refractivity contribution in [1.29, 1.82) is 0 Å². The molecule has 1 fully saturated rings. The number of oxime groups is 1. The summed E-state index contributed by atoms with van der Waals surface area (Å²) in [6, 6.07) is 9.56. The highest BCUT2D eigenvalue weighted by atomic mass is 16.6. The van der Waals surface area contributed by atoms with E-state index in [1.54, 1.807) is 0 Å². The Bertz CT molecular complexity index is 384. The topological polar surface area (TPSA) is 38.7 Å². The predicted octanol–water partition coefficient (Wildman–Crippen LogP) is 3.34. The lowest BCUT2D eigenvalue weighted by Gasteiger charge is -2.09. The van der Waals surface area contributed by atoms with E-state index in [2.05, 4.69) is 5.16 Å². The molecule has 17 heavy (non-hydrogen) atoms. The van der Waals surface area contributed by atoms with Gasteiger partial charge in [-0.1, -0.05) is 23.4 Å². The van der Waals surface area contributed by atoms with Gasteiger partial charge >= 0.3 is 0 Å². The first-order valence-electron chi connectivity index (χ1n) is 6.14. The lowest BCUT2D eigenvalue weighted by Crippen LogP contribution is -2.09. The van der Waals surface area contributed by atoms with Gasteiger partial charge in [0.05, 0.1) is 5.71 Å². The average Bonchev–Trinajstić information content (AvgIpc) is 2.33. The van der Waals surface area contributed by atoms with Crippen molar-refractivity contribution in [3.63, 3.8) is 0 Å². The van der Waals surface area contributed by atoms with E-state index in [9.17, 15) is 4.79 Å². The van der Waals surface area contributed by atoms with Gasteiger partial charge in [0.25, 0.3) is 0 Å². The van der Waals surface area contributed by atoms with Gasteiger partial charge in [0, 0.05) is 12.8 Å². The lowest BCUT2D eigenvalue weighted by molar-refractivity contribution is -0.119. The van der Waals surface area contributed by atoms with Crippen molar-refractivity contribution in [3.8, 4) is 5.75 Å². The highest BCUT2D eigenvalue weighted by Crippen LogP contribution is 2.14. The molecule has 1 aromatic rings. The number of carbonyl (C=O) groups excluding carboxylic acids is 1. The minimum Gasteiger partial charge on any atom is -0.357 e. The van der Waals surface area contributed by atoms with Crippen LogP contribution in [0.3, 0.4) is 0 Å². The molecule has 1 aliphatic carbocycles. The minimum atomic E-state index is 0.382. The van der Waals surface area contributed by atoms with Crippen molar-refractivity contribution < 1.29 is 9.63 Å². The Hall–Kier alpha value is -1.64. The molecule has 0 heterocycles. The van der Waals surface area contributed by atoms with Crippen LogP contribution in [0.25, 0.3) is 0 Å². The Balaban J connectivity index is 1.90. The van der Waals surface area contributed by atoms with Crippen molar-refractivity contribution in [2.75, 3.05) is 0 Å². The number of nitrogens with zero attached hydrogens (tertiary/aromatic N) is 1. The summed E-state index contributed by atoms with van der Waals surface area (Å²) in [7, 11) is 0. The maximum Gasteiger partial charge on any atom is 0.157 e. The van der Waals surface area contributed by atoms with E-state index in [1.165, 1.54) is 0 Å². The van der Waals surface area contributed by atoms with E-state index < -0.39 is 0 Å². The van der Waals surface area contributed by atoms with Gasteiger partial charge in [0.2, 0.25) is 0 Å². The lowest BCUT2D eigenvalue weighted by atomic mass is 9.98. The van der Waals surface area contributed by atoms with Gasteiger partial charge in [-0.25, -0.2) is 0 Å². The third-order valence-corrected chi connectivity index (χ3v) is 2.87. The summed E-state index contributed by atoms with van der Waals surface area (Å²) < 4.78 is 0. The Labute approximate surface area is 101 Å². The number of benzene rings is 1. The maximum absolute atomic E-state index is 11.3. The van der Waals surface area contributed by atoms with E-state index in [0.29, 0.717) is 18.6 Å². The molecular formula is C14H17NO2. The number of carbonyl (C=O) groups is 1.